The predicted octanol–water partition coefficient (Wildman–Crippen LogP) is 2.41. The molecule has 0 spiro atoms. The molecule has 1 atom stereocenters. The maximum atomic E-state index is 10.6. The van der Waals surface area contributed by atoms with Gasteiger partial charge in [-0.15, -0.1) is 0 Å². The number of carboxylic acids is 1. The lowest BCUT2D eigenvalue weighted by Gasteiger charge is -2.30. The van der Waals surface area contributed by atoms with Crippen LogP contribution in [0, 0.1) is 11.8 Å². The van der Waals surface area contributed by atoms with Crippen LogP contribution >= 0.6 is 0 Å². The molecule has 2 aliphatic rings. The number of rotatable bonds is 5. The number of hydrogen-bond donors (Lipinski definition) is 1. The van der Waals surface area contributed by atoms with Gasteiger partial charge in [0.05, 0.1) is 18.6 Å². The Morgan fingerprint density at radius 1 is 1.32 bits per heavy atom. The smallest absolute Gasteiger partial charge is 0.475 e. The number of fused-ring (bicyclic) bond motifs is 1. The lowest BCUT2D eigenvalue weighted by atomic mass is 9.99. The van der Waals surface area contributed by atoms with Gasteiger partial charge >= 0.3 is 12.1 Å². The van der Waals surface area contributed by atoms with Gasteiger partial charge in [-0.2, -0.15) is 13.2 Å². The molecule has 1 unspecified atom stereocenters. The van der Waals surface area contributed by atoms with E-state index in [-0.39, 0.29) is 0 Å². The fraction of sp³-hybridized carbons (Fsp3) is 0.778. The molecule has 2 aliphatic heterocycles. The third-order valence-corrected chi connectivity index (χ3v) is 4.81. The molecule has 0 aromatic carbocycles. The van der Waals surface area contributed by atoms with E-state index in [1.807, 2.05) is 12.5 Å². The van der Waals surface area contributed by atoms with Gasteiger partial charge in [0, 0.05) is 58.1 Å². The normalized spacial score (nSPS) is 21.4. The van der Waals surface area contributed by atoms with E-state index in [2.05, 4.69) is 21.4 Å². The van der Waals surface area contributed by atoms with Crippen LogP contribution < -0.4 is 0 Å². The Morgan fingerprint density at radius 2 is 2.00 bits per heavy atom. The van der Waals surface area contributed by atoms with Crippen LogP contribution in [0.4, 0.5) is 13.2 Å². The summed E-state index contributed by atoms with van der Waals surface area (Å²) in [6.45, 7) is 9.91. The second-order valence-corrected chi connectivity index (χ2v) is 7.12. The summed E-state index contributed by atoms with van der Waals surface area (Å²) < 4.78 is 45.2. The van der Waals surface area contributed by atoms with Gasteiger partial charge in [-0.3, -0.25) is 4.90 Å². The minimum absolute atomic E-state index is 0.556. The van der Waals surface area contributed by atoms with Crippen LogP contribution in [0.15, 0.2) is 12.5 Å². The minimum atomic E-state index is -5.08. The predicted molar refractivity (Wildman–Crippen MR) is 94.7 cm³/mol. The van der Waals surface area contributed by atoms with Gasteiger partial charge < -0.3 is 19.1 Å². The van der Waals surface area contributed by atoms with Gasteiger partial charge in [0.15, 0.2) is 0 Å². The second-order valence-electron chi connectivity index (χ2n) is 7.12. The first kappa shape index (κ1) is 22.6. The van der Waals surface area contributed by atoms with Crippen LogP contribution in [-0.2, 0) is 27.4 Å². The molecule has 0 aliphatic carbocycles. The summed E-state index contributed by atoms with van der Waals surface area (Å²) in [6.07, 6.45) is 1.30. The Morgan fingerprint density at radius 3 is 2.61 bits per heavy atom. The average molecular weight is 407 g/mol. The van der Waals surface area contributed by atoms with E-state index in [0.29, 0.717) is 5.92 Å². The fourth-order valence-corrected chi connectivity index (χ4v) is 3.46. The molecule has 3 rings (SSSR count). The van der Waals surface area contributed by atoms with Crippen molar-refractivity contribution in [2.75, 3.05) is 39.5 Å². The van der Waals surface area contributed by atoms with E-state index >= 15 is 0 Å². The zero-order valence-corrected chi connectivity index (χ0v) is 16.0. The second kappa shape index (κ2) is 10.8. The SMILES string of the molecule is CCOCC1CN(CC2CCOCC2)Cc2cncn2C1.O=C(O)C(F)(F)F. The van der Waals surface area contributed by atoms with Crippen molar-refractivity contribution in [3.8, 4) is 0 Å². The van der Waals surface area contributed by atoms with Crippen molar-refractivity contribution >= 4 is 5.97 Å². The van der Waals surface area contributed by atoms with E-state index < -0.39 is 12.1 Å². The summed E-state index contributed by atoms with van der Waals surface area (Å²) in [6, 6.07) is 0. The van der Waals surface area contributed by atoms with Gasteiger partial charge in [0.1, 0.15) is 0 Å². The number of ether oxygens (including phenoxy) is 2. The lowest BCUT2D eigenvalue weighted by Crippen LogP contribution is -2.35. The van der Waals surface area contributed by atoms with E-state index in [1.165, 1.54) is 25.1 Å². The molecule has 0 saturated carbocycles. The molecule has 28 heavy (non-hydrogen) atoms. The number of halogens is 3. The quantitative estimate of drug-likeness (QED) is 0.808. The van der Waals surface area contributed by atoms with Crippen LogP contribution in [0.25, 0.3) is 0 Å². The zero-order chi connectivity index (χ0) is 20.6. The summed E-state index contributed by atoms with van der Waals surface area (Å²) in [5.74, 6) is -1.42. The van der Waals surface area contributed by atoms with Crippen molar-refractivity contribution in [2.24, 2.45) is 11.8 Å². The Kier molecular flexibility index (Phi) is 8.71. The number of aliphatic carboxylic acids is 1. The van der Waals surface area contributed by atoms with Gasteiger partial charge in [-0.1, -0.05) is 0 Å². The van der Waals surface area contributed by atoms with Crippen LogP contribution in [0.2, 0.25) is 0 Å². The van der Waals surface area contributed by atoms with Gasteiger partial charge in [0.25, 0.3) is 0 Å². The zero-order valence-electron chi connectivity index (χ0n) is 16.0. The highest BCUT2D eigenvalue weighted by Crippen LogP contribution is 2.21. The van der Waals surface area contributed by atoms with E-state index in [9.17, 15) is 13.2 Å². The van der Waals surface area contributed by atoms with Crippen LogP contribution in [0.3, 0.4) is 0 Å². The number of carbonyl (C=O) groups is 1. The van der Waals surface area contributed by atoms with Crippen molar-refractivity contribution in [1.82, 2.24) is 14.5 Å². The van der Waals surface area contributed by atoms with Crippen molar-refractivity contribution < 1.29 is 32.5 Å². The Bertz CT molecular complexity index is 603. The molecular formula is C18H28F3N3O4. The van der Waals surface area contributed by atoms with Crippen LogP contribution in [-0.4, -0.2) is 71.2 Å². The minimum Gasteiger partial charge on any atom is -0.475 e. The van der Waals surface area contributed by atoms with Crippen molar-refractivity contribution in [3.05, 3.63) is 18.2 Å². The largest absolute Gasteiger partial charge is 0.490 e. The topological polar surface area (TPSA) is 76.8 Å². The molecule has 1 aromatic heterocycles. The summed E-state index contributed by atoms with van der Waals surface area (Å²) in [7, 11) is 0. The molecule has 0 bridgehead atoms. The Balaban J connectivity index is 0.000000345. The van der Waals surface area contributed by atoms with Gasteiger partial charge in [-0.05, 0) is 25.7 Å². The highest BCUT2D eigenvalue weighted by atomic mass is 19.4. The fourth-order valence-electron chi connectivity index (χ4n) is 3.46. The lowest BCUT2D eigenvalue weighted by molar-refractivity contribution is -0.192. The molecule has 1 fully saturated rings. The number of carboxylic acid groups (broad SMARTS) is 1. The Labute approximate surface area is 162 Å². The molecule has 1 aromatic rings. The number of alkyl halides is 3. The van der Waals surface area contributed by atoms with Crippen molar-refractivity contribution in [2.45, 2.75) is 39.0 Å². The summed E-state index contributed by atoms with van der Waals surface area (Å²) >= 11 is 0. The molecule has 0 amide bonds. The van der Waals surface area contributed by atoms with Crippen molar-refractivity contribution in [3.63, 3.8) is 0 Å². The van der Waals surface area contributed by atoms with Gasteiger partial charge in [-0.25, -0.2) is 9.78 Å². The first-order chi connectivity index (χ1) is 13.3. The maximum Gasteiger partial charge on any atom is 0.490 e. The van der Waals surface area contributed by atoms with E-state index in [4.69, 9.17) is 19.4 Å². The molecule has 1 saturated heterocycles. The number of hydrogen-bond acceptors (Lipinski definition) is 5. The molecule has 0 radical (unpaired) electrons. The first-order valence-electron chi connectivity index (χ1n) is 9.46. The molecule has 7 nitrogen and oxygen atoms in total. The Hall–Kier alpha value is -1.65. The standard InChI is InChI=1S/C16H27N3O2.C2HF3O2/c1-2-20-12-15-9-18(8-14-3-5-21-6-4-14)11-16-7-17-13-19(16)10-15;3-2(4,5)1(6)7/h7,13-15H,2-6,8-12H2,1H3;(H,6,7). The monoisotopic (exact) mass is 407 g/mol. The number of imidazole rings is 1. The number of nitrogens with zero attached hydrogens (tertiary/aromatic N) is 3. The average Bonchev–Trinajstić information content (AvgIpc) is 3.00. The van der Waals surface area contributed by atoms with Crippen LogP contribution in [0.5, 0.6) is 0 Å². The highest BCUT2D eigenvalue weighted by molar-refractivity contribution is 5.73. The summed E-state index contributed by atoms with van der Waals surface area (Å²) in [5.41, 5.74) is 1.33. The van der Waals surface area contributed by atoms with E-state index in [0.717, 1.165) is 52.0 Å². The summed E-state index contributed by atoms with van der Waals surface area (Å²) in [4.78, 5) is 15.8. The first-order valence-corrected chi connectivity index (χ1v) is 9.46. The molecule has 3 heterocycles. The third kappa shape index (κ3) is 7.40. The maximum absolute atomic E-state index is 10.6. The summed E-state index contributed by atoms with van der Waals surface area (Å²) in [5, 5.41) is 7.12. The van der Waals surface area contributed by atoms with Crippen LogP contribution in [0.1, 0.15) is 25.5 Å². The van der Waals surface area contributed by atoms with Gasteiger partial charge in [0.2, 0.25) is 0 Å². The molecule has 160 valence electrons. The highest BCUT2D eigenvalue weighted by Gasteiger charge is 2.38. The number of aromatic nitrogens is 2. The molecular weight excluding hydrogens is 379 g/mol. The van der Waals surface area contributed by atoms with E-state index in [1.54, 1.807) is 0 Å². The third-order valence-electron chi connectivity index (χ3n) is 4.81. The van der Waals surface area contributed by atoms with Crippen molar-refractivity contribution in [1.29, 1.82) is 0 Å². The molecule has 10 heteroatoms. The molecule has 1 N–H and O–H groups in total.